The molecular formula is C7H10N4OS. The summed E-state index contributed by atoms with van der Waals surface area (Å²) in [6, 6.07) is 0. The summed E-state index contributed by atoms with van der Waals surface area (Å²) in [7, 11) is 1.66. The van der Waals surface area contributed by atoms with Crippen LogP contribution in [0.4, 0.5) is 5.13 Å². The maximum Gasteiger partial charge on any atom is 0.226 e. The van der Waals surface area contributed by atoms with E-state index >= 15 is 0 Å². The molecule has 0 atom stereocenters. The largest absolute Gasteiger partial charge is 0.359 e. The Hall–Kier alpha value is -1.17. The molecule has 0 bridgehead atoms. The number of hydrogen-bond acceptors (Lipinski definition) is 5. The van der Waals surface area contributed by atoms with Crippen molar-refractivity contribution in [1.82, 2.24) is 14.7 Å². The summed E-state index contributed by atoms with van der Waals surface area (Å²) in [4.78, 5) is 17.3. The average Bonchev–Trinajstić information content (AvgIpc) is 2.54. The van der Waals surface area contributed by atoms with E-state index in [0.29, 0.717) is 0 Å². The van der Waals surface area contributed by atoms with Crippen LogP contribution in [0.1, 0.15) is 0 Å². The molecule has 5 nitrogen and oxygen atoms in total. The van der Waals surface area contributed by atoms with Gasteiger partial charge in [-0.2, -0.15) is 4.37 Å². The van der Waals surface area contributed by atoms with Crippen LogP contribution in [-0.2, 0) is 4.79 Å². The summed E-state index contributed by atoms with van der Waals surface area (Å²) < 4.78 is 3.90. The van der Waals surface area contributed by atoms with Crippen LogP contribution >= 0.6 is 11.5 Å². The van der Waals surface area contributed by atoms with Gasteiger partial charge in [-0.15, -0.1) is 0 Å². The van der Waals surface area contributed by atoms with E-state index in [4.69, 9.17) is 0 Å². The molecule has 1 aliphatic rings. The number of anilines is 1. The number of nitrogens with one attached hydrogen (secondary N) is 1. The number of hydrogen-bond donors (Lipinski definition) is 1. The van der Waals surface area contributed by atoms with Crippen LogP contribution < -0.4 is 10.2 Å². The second-order valence-electron chi connectivity index (χ2n) is 2.94. The minimum Gasteiger partial charge on any atom is -0.359 e. The van der Waals surface area contributed by atoms with Crippen LogP contribution in [-0.4, -0.2) is 35.4 Å². The average molecular weight is 198 g/mol. The summed E-state index contributed by atoms with van der Waals surface area (Å²) >= 11 is 1.36. The van der Waals surface area contributed by atoms with Crippen LogP contribution in [0.25, 0.3) is 0 Å². The van der Waals surface area contributed by atoms with Crippen LogP contribution in [0.3, 0.4) is 0 Å². The van der Waals surface area contributed by atoms with Crippen molar-refractivity contribution in [2.75, 3.05) is 25.0 Å². The lowest BCUT2D eigenvalue weighted by atomic mass is 10.0. The van der Waals surface area contributed by atoms with Gasteiger partial charge in [0.25, 0.3) is 0 Å². The molecule has 0 radical (unpaired) electrons. The van der Waals surface area contributed by atoms with Gasteiger partial charge in [0.2, 0.25) is 11.0 Å². The van der Waals surface area contributed by atoms with Crippen molar-refractivity contribution in [3.05, 3.63) is 6.33 Å². The monoisotopic (exact) mass is 198 g/mol. The normalized spacial score (nSPS) is 16.8. The van der Waals surface area contributed by atoms with Crippen molar-refractivity contribution >= 4 is 22.6 Å². The fourth-order valence-electron chi connectivity index (χ4n) is 1.31. The lowest BCUT2D eigenvalue weighted by molar-refractivity contribution is -0.125. The fourth-order valence-corrected chi connectivity index (χ4v) is 1.86. The lowest BCUT2D eigenvalue weighted by Crippen LogP contribution is -2.53. The Morgan fingerprint density at radius 1 is 1.77 bits per heavy atom. The maximum absolute atomic E-state index is 11.1. The highest BCUT2D eigenvalue weighted by Crippen LogP contribution is 2.24. The number of carbonyl (C=O) groups excluding carboxylic acids is 1. The van der Waals surface area contributed by atoms with Crippen molar-refractivity contribution in [3.8, 4) is 0 Å². The third kappa shape index (κ3) is 1.49. The van der Waals surface area contributed by atoms with E-state index in [-0.39, 0.29) is 11.8 Å². The Bertz CT molecular complexity index is 293. The molecule has 1 saturated heterocycles. The van der Waals surface area contributed by atoms with E-state index in [1.165, 1.54) is 17.9 Å². The van der Waals surface area contributed by atoms with Gasteiger partial charge in [-0.1, -0.05) is 0 Å². The van der Waals surface area contributed by atoms with Gasteiger partial charge in [0.15, 0.2) is 0 Å². The molecule has 1 aromatic rings. The predicted molar refractivity (Wildman–Crippen MR) is 49.7 cm³/mol. The number of nitrogens with zero attached hydrogens (tertiary/aromatic N) is 3. The highest BCUT2D eigenvalue weighted by Gasteiger charge is 2.33. The van der Waals surface area contributed by atoms with E-state index in [0.717, 1.165) is 18.2 Å². The second kappa shape index (κ2) is 3.29. The zero-order chi connectivity index (χ0) is 9.26. The molecule has 0 spiro atoms. The molecule has 2 heterocycles. The molecule has 0 unspecified atom stereocenters. The summed E-state index contributed by atoms with van der Waals surface area (Å²) in [5.74, 6) is 0.231. The van der Waals surface area contributed by atoms with E-state index in [1.54, 1.807) is 7.05 Å². The third-order valence-corrected chi connectivity index (χ3v) is 2.85. The summed E-state index contributed by atoms with van der Waals surface area (Å²) in [6.07, 6.45) is 1.53. The highest BCUT2D eigenvalue weighted by atomic mass is 32.1. The predicted octanol–water partition coefficient (Wildman–Crippen LogP) is -0.280. The Morgan fingerprint density at radius 3 is 3.08 bits per heavy atom. The Kier molecular flexibility index (Phi) is 2.13. The topological polar surface area (TPSA) is 58.1 Å². The SMILES string of the molecule is CNC(=O)C1CN(c2ncns2)C1. The van der Waals surface area contributed by atoms with Crippen molar-refractivity contribution in [2.24, 2.45) is 5.92 Å². The molecule has 0 saturated carbocycles. The number of amides is 1. The van der Waals surface area contributed by atoms with Crippen molar-refractivity contribution in [1.29, 1.82) is 0 Å². The minimum atomic E-state index is 0.112. The highest BCUT2D eigenvalue weighted by molar-refractivity contribution is 7.09. The standard InChI is InChI=1S/C7H10N4OS/c1-8-6(12)5-2-11(3-5)7-9-4-10-13-7/h4-5H,2-3H2,1H3,(H,8,12). The Morgan fingerprint density at radius 2 is 2.54 bits per heavy atom. The molecule has 0 aliphatic carbocycles. The smallest absolute Gasteiger partial charge is 0.226 e. The van der Waals surface area contributed by atoms with E-state index in [9.17, 15) is 4.79 Å². The molecule has 1 aromatic heterocycles. The van der Waals surface area contributed by atoms with Crippen LogP contribution in [0, 0.1) is 5.92 Å². The van der Waals surface area contributed by atoms with E-state index in [1.807, 2.05) is 0 Å². The molecule has 1 N–H and O–H groups in total. The molecule has 6 heteroatoms. The molecule has 1 aliphatic heterocycles. The van der Waals surface area contributed by atoms with E-state index in [2.05, 4.69) is 19.6 Å². The van der Waals surface area contributed by atoms with Crippen molar-refractivity contribution in [2.45, 2.75) is 0 Å². The maximum atomic E-state index is 11.1. The number of aromatic nitrogens is 2. The number of rotatable bonds is 2. The molecule has 2 rings (SSSR count). The number of carbonyl (C=O) groups is 1. The van der Waals surface area contributed by atoms with Crippen LogP contribution in [0.15, 0.2) is 6.33 Å². The molecule has 1 fully saturated rings. The van der Waals surface area contributed by atoms with Gasteiger partial charge in [-0.05, 0) is 0 Å². The molecular weight excluding hydrogens is 188 g/mol. The minimum absolute atomic E-state index is 0.112. The van der Waals surface area contributed by atoms with Crippen LogP contribution in [0.5, 0.6) is 0 Å². The second-order valence-corrected chi connectivity index (χ2v) is 3.70. The first-order valence-corrected chi connectivity index (χ1v) is 4.82. The van der Waals surface area contributed by atoms with Crippen LogP contribution in [0.2, 0.25) is 0 Å². The first-order valence-electron chi connectivity index (χ1n) is 4.04. The van der Waals surface area contributed by atoms with Gasteiger partial charge >= 0.3 is 0 Å². The summed E-state index contributed by atoms with van der Waals surface area (Å²) in [5, 5.41) is 3.54. The van der Waals surface area contributed by atoms with E-state index < -0.39 is 0 Å². The Labute approximate surface area is 79.9 Å². The Balaban J connectivity index is 1.89. The zero-order valence-corrected chi connectivity index (χ0v) is 8.04. The van der Waals surface area contributed by atoms with Crippen molar-refractivity contribution in [3.63, 3.8) is 0 Å². The lowest BCUT2D eigenvalue weighted by Gasteiger charge is -2.37. The molecule has 1 amide bonds. The molecule has 13 heavy (non-hydrogen) atoms. The first-order chi connectivity index (χ1) is 6.31. The quantitative estimate of drug-likeness (QED) is 0.710. The van der Waals surface area contributed by atoms with Gasteiger partial charge in [-0.3, -0.25) is 4.79 Å². The van der Waals surface area contributed by atoms with Gasteiger partial charge < -0.3 is 10.2 Å². The summed E-state index contributed by atoms with van der Waals surface area (Å²) in [5.41, 5.74) is 0. The van der Waals surface area contributed by atoms with Gasteiger partial charge in [0.05, 0.1) is 5.92 Å². The van der Waals surface area contributed by atoms with Gasteiger partial charge in [0.1, 0.15) is 6.33 Å². The fraction of sp³-hybridized carbons (Fsp3) is 0.571. The zero-order valence-electron chi connectivity index (χ0n) is 7.23. The third-order valence-electron chi connectivity index (χ3n) is 2.12. The van der Waals surface area contributed by atoms with Gasteiger partial charge in [0, 0.05) is 31.7 Å². The molecule has 70 valence electrons. The molecule has 0 aromatic carbocycles. The van der Waals surface area contributed by atoms with Crippen molar-refractivity contribution < 1.29 is 4.79 Å². The first kappa shape index (κ1) is 8.43. The summed E-state index contributed by atoms with van der Waals surface area (Å²) in [6.45, 7) is 1.52. The van der Waals surface area contributed by atoms with Gasteiger partial charge in [-0.25, -0.2) is 4.98 Å².